The number of carbonyl (C=O) groups is 1. The Morgan fingerprint density at radius 2 is 1.76 bits per heavy atom. The Bertz CT molecular complexity index is 907. The van der Waals surface area contributed by atoms with Gasteiger partial charge in [-0.05, 0) is 52.3 Å². The quantitative estimate of drug-likeness (QED) is 0.678. The van der Waals surface area contributed by atoms with Crippen LogP contribution in [0.1, 0.15) is 52.8 Å². The van der Waals surface area contributed by atoms with Crippen molar-refractivity contribution in [3.8, 4) is 5.69 Å². The number of amides is 2. The summed E-state index contributed by atoms with van der Waals surface area (Å²) in [6.45, 7) is 21.0. The summed E-state index contributed by atoms with van der Waals surface area (Å²) in [4.78, 5) is 20.1. The molecule has 33 heavy (non-hydrogen) atoms. The second kappa shape index (κ2) is 10.6. The molecule has 0 saturated carbocycles. The third kappa shape index (κ3) is 6.50. The Morgan fingerprint density at radius 3 is 2.30 bits per heavy atom. The molecule has 1 N–H and O–H groups in total. The molecular formula is C26H42N6O. The van der Waals surface area contributed by atoms with E-state index in [1.165, 1.54) is 0 Å². The van der Waals surface area contributed by atoms with E-state index in [0.29, 0.717) is 19.0 Å². The van der Waals surface area contributed by atoms with E-state index >= 15 is 0 Å². The fraction of sp³-hybridized carbons (Fsp3) is 0.615. The molecule has 0 spiro atoms. The zero-order valence-electron chi connectivity index (χ0n) is 21.6. The van der Waals surface area contributed by atoms with Crippen LogP contribution in [-0.2, 0) is 6.54 Å². The normalized spacial score (nSPS) is 15.2. The fourth-order valence-electron chi connectivity index (χ4n) is 4.33. The molecule has 1 aromatic carbocycles. The number of para-hydroxylation sites is 1. The van der Waals surface area contributed by atoms with Gasteiger partial charge in [-0.15, -0.1) is 0 Å². The number of nitrogens with zero attached hydrogens (tertiary/aromatic N) is 5. The number of carbonyl (C=O) groups excluding carboxylic acids is 1. The Balaban J connectivity index is 2.00. The molecule has 0 radical (unpaired) electrons. The molecule has 2 aromatic rings. The first kappa shape index (κ1) is 25.1. The van der Waals surface area contributed by atoms with E-state index in [9.17, 15) is 4.79 Å². The van der Waals surface area contributed by atoms with E-state index in [4.69, 9.17) is 5.10 Å². The monoisotopic (exact) mass is 454 g/mol. The molecule has 7 heteroatoms. The molecule has 0 unspecified atom stereocenters. The number of piperazine rings is 1. The lowest BCUT2D eigenvalue weighted by atomic mass is 10.1. The van der Waals surface area contributed by atoms with Crippen LogP contribution in [0.2, 0.25) is 0 Å². The van der Waals surface area contributed by atoms with Crippen LogP contribution in [0.15, 0.2) is 30.3 Å². The number of nitrogens with one attached hydrogen (secondary N) is 1. The minimum atomic E-state index is -0.283. The van der Waals surface area contributed by atoms with Crippen molar-refractivity contribution >= 4 is 11.8 Å². The number of likely N-dealkylation sites (N-methyl/N-ethyl adjacent to an activating group) is 1. The summed E-state index contributed by atoms with van der Waals surface area (Å²) < 4.78 is 2.07. The van der Waals surface area contributed by atoms with Gasteiger partial charge < -0.3 is 20.0 Å². The number of anilines is 1. The summed E-state index contributed by atoms with van der Waals surface area (Å²) >= 11 is 0. The van der Waals surface area contributed by atoms with Gasteiger partial charge in [-0.25, -0.2) is 9.48 Å². The molecule has 182 valence electrons. The highest BCUT2D eigenvalue weighted by molar-refractivity contribution is 5.75. The van der Waals surface area contributed by atoms with Crippen molar-refractivity contribution in [1.29, 1.82) is 0 Å². The van der Waals surface area contributed by atoms with Gasteiger partial charge in [0.25, 0.3) is 0 Å². The van der Waals surface area contributed by atoms with Gasteiger partial charge in [-0.2, -0.15) is 5.10 Å². The third-order valence-electron chi connectivity index (χ3n) is 5.98. The second-order valence-corrected chi connectivity index (χ2v) is 10.5. The maximum atomic E-state index is 13.2. The third-order valence-corrected chi connectivity index (χ3v) is 5.98. The van der Waals surface area contributed by atoms with E-state index in [1.807, 2.05) is 43.9 Å². The minimum absolute atomic E-state index is 0.0233. The van der Waals surface area contributed by atoms with Gasteiger partial charge in [0.05, 0.1) is 17.9 Å². The summed E-state index contributed by atoms with van der Waals surface area (Å²) in [5, 5.41) is 8.12. The summed E-state index contributed by atoms with van der Waals surface area (Å²) in [7, 11) is 0. The van der Waals surface area contributed by atoms with E-state index in [1.54, 1.807) is 0 Å². The highest BCUT2D eigenvalue weighted by Crippen LogP contribution is 2.30. The largest absolute Gasteiger partial charge is 0.354 e. The summed E-state index contributed by atoms with van der Waals surface area (Å²) in [5.41, 5.74) is 2.88. The number of aryl methyl sites for hydroxylation is 1. The van der Waals surface area contributed by atoms with Gasteiger partial charge in [0.2, 0.25) is 0 Å². The van der Waals surface area contributed by atoms with Crippen molar-refractivity contribution in [2.75, 3.05) is 44.2 Å². The van der Waals surface area contributed by atoms with Crippen molar-refractivity contribution in [1.82, 2.24) is 24.9 Å². The Morgan fingerprint density at radius 1 is 1.12 bits per heavy atom. The summed E-state index contributed by atoms with van der Waals surface area (Å²) in [6, 6.07) is 10.3. The average Bonchev–Trinajstić information content (AvgIpc) is 3.08. The van der Waals surface area contributed by atoms with Gasteiger partial charge in [-0.1, -0.05) is 39.0 Å². The van der Waals surface area contributed by atoms with Crippen LogP contribution in [0.3, 0.4) is 0 Å². The van der Waals surface area contributed by atoms with Crippen LogP contribution in [0.25, 0.3) is 5.69 Å². The van der Waals surface area contributed by atoms with Crippen molar-refractivity contribution in [2.24, 2.45) is 5.92 Å². The van der Waals surface area contributed by atoms with Crippen LogP contribution >= 0.6 is 0 Å². The van der Waals surface area contributed by atoms with Crippen molar-refractivity contribution in [3.05, 3.63) is 41.6 Å². The van der Waals surface area contributed by atoms with Crippen molar-refractivity contribution in [2.45, 2.75) is 60.5 Å². The summed E-state index contributed by atoms with van der Waals surface area (Å²) in [6.07, 6.45) is 0. The smallest absolute Gasteiger partial charge is 0.318 e. The lowest BCUT2D eigenvalue weighted by Crippen LogP contribution is -2.49. The Labute approximate surface area is 199 Å². The lowest BCUT2D eigenvalue weighted by molar-refractivity contribution is 0.179. The first-order chi connectivity index (χ1) is 15.6. The zero-order valence-corrected chi connectivity index (χ0v) is 21.6. The number of hydrogen-bond acceptors (Lipinski definition) is 4. The van der Waals surface area contributed by atoms with Gasteiger partial charge in [-0.3, -0.25) is 0 Å². The molecule has 1 aliphatic heterocycles. The molecule has 3 rings (SSSR count). The molecule has 0 bridgehead atoms. The van der Waals surface area contributed by atoms with Crippen LogP contribution in [0.4, 0.5) is 10.6 Å². The van der Waals surface area contributed by atoms with Crippen LogP contribution in [-0.4, -0.2) is 70.4 Å². The SMILES string of the molecule is CCN1CCN(c2c(CN(CC(C)C)C(=O)NC(C)(C)C)c(C)nn2-c2ccccc2)CC1. The molecule has 0 aliphatic carbocycles. The predicted molar refractivity (Wildman–Crippen MR) is 136 cm³/mol. The molecule has 2 heterocycles. The first-order valence-corrected chi connectivity index (χ1v) is 12.3. The average molecular weight is 455 g/mol. The molecule has 1 saturated heterocycles. The van der Waals surface area contributed by atoms with Crippen LogP contribution in [0, 0.1) is 12.8 Å². The van der Waals surface area contributed by atoms with E-state index < -0.39 is 0 Å². The fourth-order valence-corrected chi connectivity index (χ4v) is 4.33. The maximum Gasteiger partial charge on any atom is 0.318 e. The molecule has 1 aromatic heterocycles. The highest BCUT2D eigenvalue weighted by Gasteiger charge is 2.28. The molecule has 0 atom stereocenters. The molecule has 2 amide bonds. The number of hydrogen-bond donors (Lipinski definition) is 1. The van der Waals surface area contributed by atoms with Crippen molar-refractivity contribution < 1.29 is 4.79 Å². The lowest BCUT2D eigenvalue weighted by Gasteiger charge is -2.36. The summed E-state index contributed by atoms with van der Waals surface area (Å²) in [5.74, 6) is 1.49. The first-order valence-electron chi connectivity index (χ1n) is 12.3. The molecular weight excluding hydrogens is 412 g/mol. The van der Waals surface area contributed by atoms with Crippen LogP contribution < -0.4 is 10.2 Å². The number of aromatic nitrogens is 2. The topological polar surface area (TPSA) is 56.6 Å². The predicted octanol–water partition coefficient (Wildman–Crippen LogP) is 4.29. The van der Waals surface area contributed by atoms with Gasteiger partial charge in [0, 0.05) is 43.8 Å². The zero-order chi connectivity index (χ0) is 24.2. The number of benzene rings is 1. The molecule has 1 fully saturated rings. The highest BCUT2D eigenvalue weighted by atomic mass is 16.2. The second-order valence-electron chi connectivity index (χ2n) is 10.5. The van der Waals surface area contributed by atoms with Gasteiger partial charge in [0.15, 0.2) is 0 Å². The van der Waals surface area contributed by atoms with E-state index in [-0.39, 0.29) is 11.6 Å². The Kier molecular flexibility index (Phi) is 8.05. The maximum absolute atomic E-state index is 13.2. The van der Waals surface area contributed by atoms with Gasteiger partial charge >= 0.3 is 6.03 Å². The molecule has 1 aliphatic rings. The number of urea groups is 1. The standard InChI is InChI=1S/C26H42N6O/c1-8-29-14-16-30(17-15-29)24-23(21(4)28-32(24)22-12-10-9-11-13-22)19-31(18-20(2)3)25(33)27-26(5,6)7/h9-13,20H,8,14-19H2,1-7H3,(H,27,33). The van der Waals surface area contributed by atoms with Gasteiger partial charge in [0.1, 0.15) is 5.82 Å². The Hall–Kier alpha value is -2.54. The van der Waals surface area contributed by atoms with Crippen LogP contribution in [0.5, 0.6) is 0 Å². The van der Waals surface area contributed by atoms with E-state index in [0.717, 1.165) is 55.5 Å². The van der Waals surface area contributed by atoms with E-state index in [2.05, 4.69) is 59.6 Å². The minimum Gasteiger partial charge on any atom is -0.354 e. The van der Waals surface area contributed by atoms with Crippen molar-refractivity contribution in [3.63, 3.8) is 0 Å². The number of rotatable bonds is 7. The molecule has 7 nitrogen and oxygen atoms in total.